The van der Waals surface area contributed by atoms with E-state index in [0.29, 0.717) is 23.7 Å². The van der Waals surface area contributed by atoms with Gasteiger partial charge >= 0.3 is 20.4 Å². The molecule has 0 radical (unpaired) electrons. The molecule has 1 aromatic heterocycles. The Bertz CT molecular complexity index is 1090. The Kier molecular flexibility index (Phi) is 5.24. The van der Waals surface area contributed by atoms with Crippen LogP contribution in [0.2, 0.25) is 0 Å². The number of carbonyl (C=O) groups excluding carboxylic acids is 2. The first-order valence-corrected chi connectivity index (χ1v) is 11.2. The summed E-state index contributed by atoms with van der Waals surface area (Å²) in [4.78, 5) is 40.3. The van der Waals surface area contributed by atoms with Crippen molar-refractivity contribution in [1.82, 2.24) is 9.88 Å². The molecule has 4 atom stereocenters. The summed E-state index contributed by atoms with van der Waals surface area (Å²) in [6.45, 7) is 0.439. The molecule has 12 heteroatoms. The second-order valence-corrected chi connectivity index (χ2v) is 8.48. The minimum Gasteiger partial charge on any atom is -0.489 e. The molecule has 1 aromatic carbocycles. The summed E-state index contributed by atoms with van der Waals surface area (Å²) >= 11 is 0. The van der Waals surface area contributed by atoms with Crippen LogP contribution in [0.3, 0.4) is 0 Å². The van der Waals surface area contributed by atoms with E-state index in [9.17, 15) is 14.2 Å². The highest BCUT2D eigenvalue weighted by atomic mass is 31.1. The van der Waals surface area contributed by atoms with Crippen molar-refractivity contribution in [3.63, 3.8) is 0 Å². The van der Waals surface area contributed by atoms with E-state index >= 15 is 0 Å². The summed E-state index contributed by atoms with van der Waals surface area (Å²) in [6, 6.07) is 8.67. The average molecular weight is 461 g/mol. The van der Waals surface area contributed by atoms with Gasteiger partial charge in [0.2, 0.25) is 0 Å². The number of hydrogen-bond donors (Lipinski definition) is 1. The number of benzene rings is 1. The zero-order valence-electron chi connectivity index (χ0n) is 17.0. The highest BCUT2D eigenvalue weighted by molar-refractivity contribution is 7.32. The van der Waals surface area contributed by atoms with Gasteiger partial charge in [-0.15, -0.1) is 0 Å². The monoisotopic (exact) mass is 461 g/mol. The molecule has 2 amide bonds. The van der Waals surface area contributed by atoms with E-state index in [4.69, 9.17) is 23.6 Å². The number of pyridine rings is 1. The lowest BCUT2D eigenvalue weighted by molar-refractivity contribution is 0.0804. The Morgan fingerprint density at radius 1 is 1.19 bits per heavy atom. The van der Waals surface area contributed by atoms with Gasteiger partial charge in [0.25, 0.3) is 0 Å². The van der Waals surface area contributed by atoms with Gasteiger partial charge in [0.15, 0.2) is 12.2 Å². The molecule has 32 heavy (non-hydrogen) atoms. The molecule has 2 saturated heterocycles. The highest BCUT2D eigenvalue weighted by Crippen LogP contribution is 2.41. The van der Waals surface area contributed by atoms with Crippen LogP contribution < -0.4 is 9.64 Å². The molecule has 3 aliphatic heterocycles. The molecule has 2 aromatic rings. The molecule has 11 nitrogen and oxygen atoms in total. The topological polar surface area (TPSA) is 128 Å². The first kappa shape index (κ1) is 20.7. The van der Waals surface area contributed by atoms with Gasteiger partial charge in [-0.05, 0) is 23.8 Å². The van der Waals surface area contributed by atoms with Crippen LogP contribution in [0.15, 0.2) is 36.5 Å². The number of rotatable bonds is 5. The maximum Gasteiger partial charge on any atom is 0.415 e. The number of anilines is 1. The Hall–Kier alpha value is -3.14. The van der Waals surface area contributed by atoms with Crippen LogP contribution in [0.4, 0.5) is 15.3 Å². The number of carbonyl (C=O) groups is 2. The largest absolute Gasteiger partial charge is 0.489 e. The quantitative estimate of drug-likeness (QED) is 0.668. The van der Waals surface area contributed by atoms with Gasteiger partial charge in [0.1, 0.15) is 18.4 Å². The summed E-state index contributed by atoms with van der Waals surface area (Å²) in [7, 11) is -1.44. The maximum atomic E-state index is 12.4. The minimum atomic E-state index is -3.12. The van der Waals surface area contributed by atoms with Crippen LogP contribution in [-0.4, -0.2) is 65.9 Å². The molecule has 0 spiro atoms. The smallest absolute Gasteiger partial charge is 0.415 e. The third kappa shape index (κ3) is 3.68. The van der Waals surface area contributed by atoms with Crippen molar-refractivity contribution < 1.29 is 37.8 Å². The fourth-order valence-corrected chi connectivity index (χ4v) is 4.31. The van der Waals surface area contributed by atoms with E-state index in [1.807, 2.05) is 24.3 Å². The molecule has 3 aliphatic rings. The van der Waals surface area contributed by atoms with Crippen molar-refractivity contribution in [3.05, 3.63) is 42.2 Å². The fourth-order valence-electron chi connectivity index (χ4n) is 4.00. The third-order valence-corrected chi connectivity index (χ3v) is 6.07. The summed E-state index contributed by atoms with van der Waals surface area (Å²) in [5.41, 5.74) is 2.90. The first-order chi connectivity index (χ1) is 15.4. The van der Waals surface area contributed by atoms with E-state index in [0.717, 1.165) is 11.1 Å². The third-order valence-electron chi connectivity index (χ3n) is 5.65. The number of cyclic esters (lactones) is 2. The van der Waals surface area contributed by atoms with Crippen LogP contribution in [0.5, 0.6) is 5.75 Å². The van der Waals surface area contributed by atoms with Gasteiger partial charge in [0.05, 0.1) is 24.5 Å². The van der Waals surface area contributed by atoms with Crippen LogP contribution in [0, 0.1) is 0 Å². The van der Waals surface area contributed by atoms with E-state index in [-0.39, 0.29) is 19.3 Å². The first-order valence-electron chi connectivity index (χ1n) is 9.91. The van der Waals surface area contributed by atoms with Gasteiger partial charge in [-0.2, -0.15) is 0 Å². The highest BCUT2D eigenvalue weighted by Gasteiger charge is 2.46. The van der Waals surface area contributed by atoms with Crippen molar-refractivity contribution in [2.45, 2.75) is 18.2 Å². The molecule has 0 saturated carbocycles. The van der Waals surface area contributed by atoms with Crippen molar-refractivity contribution in [3.8, 4) is 16.9 Å². The molecule has 4 heterocycles. The standard InChI is InChI=1S/C20H20N3O8P/c1-22-8-17(30-19(22)24)13-4-2-12(7-21-13)11-3-5-14-16(6-11)28-9-15-18(10-29-32(26)27)31-20(25)23(14)15/h2-7,15,17-18,32H,8-10H2,1H3,(H,26,27)/t15-,17-,18-/m0/s1. The van der Waals surface area contributed by atoms with Crippen molar-refractivity contribution in [2.24, 2.45) is 0 Å². The van der Waals surface area contributed by atoms with E-state index in [1.54, 1.807) is 19.3 Å². The number of fused-ring (bicyclic) bond motifs is 3. The number of nitrogens with zero attached hydrogens (tertiary/aromatic N) is 3. The van der Waals surface area contributed by atoms with Crippen molar-refractivity contribution >= 4 is 26.1 Å². The molecule has 1 N–H and O–H groups in total. The normalized spacial score (nSPS) is 25.0. The average Bonchev–Trinajstić information content (AvgIpc) is 3.30. The number of aromatic nitrogens is 1. The second-order valence-electron chi connectivity index (χ2n) is 7.65. The van der Waals surface area contributed by atoms with Crippen molar-refractivity contribution in [1.29, 1.82) is 0 Å². The zero-order chi connectivity index (χ0) is 22.4. The Morgan fingerprint density at radius 3 is 2.69 bits per heavy atom. The van der Waals surface area contributed by atoms with Gasteiger partial charge in [0, 0.05) is 18.8 Å². The molecule has 5 rings (SSSR count). The van der Waals surface area contributed by atoms with Gasteiger partial charge in [-0.3, -0.25) is 14.4 Å². The fraction of sp³-hybridized carbons (Fsp3) is 0.350. The summed E-state index contributed by atoms with van der Waals surface area (Å²) in [5.74, 6) is 0.517. The number of likely N-dealkylation sites (N-methyl/N-ethyl adjacent to an activating group) is 1. The molecular formula is C20H20N3O8P. The molecule has 2 fully saturated rings. The summed E-state index contributed by atoms with van der Waals surface area (Å²) in [5, 5.41) is 0. The predicted octanol–water partition coefficient (Wildman–Crippen LogP) is 2.36. The predicted molar refractivity (Wildman–Crippen MR) is 111 cm³/mol. The van der Waals surface area contributed by atoms with Gasteiger partial charge in [-0.25, -0.2) is 9.59 Å². The van der Waals surface area contributed by atoms with Crippen LogP contribution in [0.1, 0.15) is 11.8 Å². The SMILES string of the molecule is CN1C[C@@H](c2ccc(-c3ccc4c(c3)OC[C@H]3[C@H](CO[PH](=O)O)OC(=O)N43)cn2)OC1=O. The summed E-state index contributed by atoms with van der Waals surface area (Å²) in [6.07, 6.45) is -0.319. The molecule has 1 unspecified atom stereocenters. The lowest BCUT2D eigenvalue weighted by Crippen LogP contribution is -2.45. The van der Waals surface area contributed by atoms with Crippen LogP contribution in [0.25, 0.3) is 11.1 Å². The van der Waals surface area contributed by atoms with Gasteiger partial charge in [-0.1, -0.05) is 12.1 Å². The van der Waals surface area contributed by atoms with E-state index in [2.05, 4.69) is 4.98 Å². The Labute approximate surface area is 183 Å². The summed E-state index contributed by atoms with van der Waals surface area (Å²) < 4.78 is 32.1. The zero-order valence-corrected chi connectivity index (χ0v) is 18.0. The number of hydrogen-bond acceptors (Lipinski definition) is 8. The molecular weight excluding hydrogens is 441 g/mol. The maximum absolute atomic E-state index is 12.4. The van der Waals surface area contributed by atoms with E-state index in [1.165, 1.54) is 9.80 Å². The van der Waals surface area contributed by atoms with Crippen LogP contribution in [-0.2, 0) is 18.6 Å². The molecule has 0 aliphatic carbocycles. The molecule has 168 valence electrons. The lowest BCUT2D eigenvalue weighted by atomic mass is 10.0. The molecule has 0 bridgehead atoms. The minimum absolute atomic E-state index is 0.167. The van der Waals surface area contributed by atoms with Crippen molar-refractivity contribution in [2.75, 3.05) is 31.7 Å². The Balaban J connectivity index is 1.35. The van der Waals surface area contributed by atoms with Crippen LogP contribution >= 0.6 is 8.25 Å². The lowest BCUT2D eigenvalue weighted by Gasteiger charge is -2.31. The number of amides is 2. The van der Waals surface area contributed by atoms with E-state index < -0.39 is 32.6 Å². The van der Waals surface area contributed by atoms with Gasteiger partial charge < -0.3 is 28.5 Å². The second kappa shape index (κ2) is 8.09. The Morgan fingerprint density at radius 2 is 2.00 bits per heavy atom. The number of ether oxygens (including phenoxy) is 3.